The Labute approximate surface area is 232 Å². The van der Waals surface area contributed by atoms with Gasteiger partial charge in [0.05, 0.1) is 11.4 Å². The number of aromatic nitrogens is 2. The van der Waals surface area contributed by atoms with Crippen LogP contribution in [0.1, 0.15) is 0 Å². The first-order chi connectivity index (χ1) is 19.8. The number of hydrogen-bond donors (Lipinski definition) is 0. The van der Waals surface area contributed by atoms with Gasteiger partial charge in [-0.15, -0.1) is 0 Å². The van der Waals surface area contributed by atoms with Crippen LogP contribution in [-0.4, -0.2) is 9.97 Å². The van der Waals surface area contributed by atoms with E-state index in [1.54, 1.807) is 0 Å². The largest absolute Gasteiger partial charge is 0.256 e. The van der Waals surface area contributed by atoms with Crippen LogP contribution in [0.25, 0.3) is 77.1 Å². The molecule has 0 spiro atoms. The van der Waals surface area contributed by atoms with Crippen molar-refractivity contribution in [1.29, 1.82) is 0 Å². The lowest BCUT2D eigenvalue weighted by Crippen LogP contribution is -1.92. The zero-order chi connectivity index (χ0) is 26.5. The third-order valence-corrected chi connectivity index (χ3v) is 7.95. The normalized spacial score (nSPS) is 11.5. The monoisotopic (exact) mass is 508 g/mol. The molecule has 0 N–H and O–H groups in total. The Morgan fingerprint density at radius 3 is 1.23 bits per heavy atom. The highest BCUT2D eigenvalue weighted by Crippen LogP contribution is 2.42. The van der Waals surface area contributed by atoms with Crippen molar-refractivity contribution in [2.24, 2.45) is 0 Å². The fourth-order valence-corrected chi connectivity index (χ4v) is 6.02. The highest BCUT2D eigenvalue weighted by atomic mass is 14.7. The standard InChI is InChI=1S/C38H24N2/c1-3-7-25(8-4-1)29-19-21-39-35(23-29)31-15-11-27-14-18-34-32(16-12-28-13-17-33(31)37(27)38(28)34)36-24-30(20-22-40-36)26-9-5-2-6-10-26/h1-24H. The molecule has 0 saturated heterocycles. The zero-order valence-corrected chi connectivity index (χ0v) is 21.8. The van der Waals surface area contributed by atoms with Gasteiger partial charge in [-0.1, -0.05) is 109 Å². The van der Waals surface area contributed by atoms with Gasteiger partial charge in [-0.25, -0.2) is 0 Å². The van der Waals surface area contributed by atoms with E-state index >= 15 is 0 Å². The minimum absolute atomic E-state index is 0.983. The van der Waals surface area contributed by atoms with Crippen molar-refractivity contribution in [3.8, 4) is 44.8 Å². The van der Waals surface area contributed by atoms with Gasteiger partial charge in [0.25, 0.3) is 0 Å². The Morgan fingerprint density at radius 1 is 0.350 bits per heavy atom. The minimum atomic E-state index is 0.983. The predicted molar refractivity (Wildman–Crippen MR) is 167 cm³/mol. The van der Waals surface area contributed by atoms with Crippen molar-refractivity contribution in [2.75, 3.05) is 0 Å². The average molecular weight is 509 g/mol. The fourth-order valence-electron chi connectivity index (χ4n) is 6.02. The molecule has 0 fully saturated rings. The Kier molecular flexibility index (Phi) is 5.17. The SMILES string of the molecule is c1ccc(-c2ccnc(-c3ccc4ccc5c(-c6cc(-c7ccccc7)ccn6)ccc6ccc3c4c65)c2)cc1. The van der Waals surface area contributed by atoms with Crippen molar-refractivity contribution in [3.63, 3.8) is 0 Å². The molecule has 2 heteroatoms. The molecule has 2 nitrogen and oxygen atoms in total. The molecule has 6 aromatic carbocycles. The Hall–Kier alpha value is -5.34. The van der Waals surface area contributed by atoms with Gasteiger partial charge in [0, 0.05) is 23.5 Å². The molecular formula is C38H24N2. The summed E-state index contributed by atoms with van der Waals surface area (Å²) in [4.78, 5) is 9.62. The number of nitrogens with zero attached hydrogens (tertiary/aromatic N) is 2. The van der Waals surface area contributed by atoms with Crippen LogP contribution >= 0.6 is 0 Å². The van der Waals surface area contributed by atoms with Gasteiger partial charge < -0.3 is 0 Å². The van der Waals surface area contributed by atoms with Gasteiger partial charge in [0.2, 0.25) is 0 Å². The number of rotatable bonds is 4. The van der Waals surface area contributed by atoms with Crippen molar-refractivity contribution >= 4 is 32.3 Å². The molecule has 0 aliphatic heterocycles. The van der Waals surface area contributed by atoms with Gasteiger partial charge in [0.15, 0.2) is 0 Å². The van der Waals surface area contributed by atoms with Crippen molar-refractivity contribution < 1.29 is 0 Å². The second kappa shape index (κ2) is 9.14. The predicted octanol–water partition coefficient (Wildman–Crippen LogP) is 10.0. The van der Waals surface area contributed by atoms with Crippen LogP contribution in [0.5, 0.6) is 0 Å². The van der Waals surface area contributed by atoms with Crippen molar-refractivity contribution in [3.05, 3.63) is 146 Å². The lowest BCUT2D eigenvalue weighted by molar-refractivity contribution is 1.33. The highest BCUT2D eigenvalue weighted by Gasteiger charge is 2.16. The molecule has 0 bridgehead atoms. The summed E-state index contributed by atoms with van der Waals surface area (Å²) in [7, 11) is 0. The van der Waals surface area contributed by atoms with Crippen LogP contribution < -0.4 is 0 Å². The number of benzene rings is 6. The van der Waals surface area contributed by atoms with E-state index in [1.165, 1.54) is 54.6 Å². The molecule has 186 valence electrons. The molecular weight excluding hydrogens is 484 g/mol. The molecule has 0 amide bonds. The number of pyridine rings is 2. The van der Waals surface area contributed by atoms with Crippen LogP contribution in [0.4, 0.5) is 0 Å². The molecule has 8 aromatic rings. The van der Waals surface area contributed by atoms with E-state index < -0.39 is 0 Å². The summed E-state index contributed by atoms with van der Waals surface area (Å²) in [6, 6.07) is 47.4. The van der Waals surface area contributed by atoms with Crippen LogP contribution in [0.3, 0.4) is 0 Å². The van der Waals surface area contributed by atoms with E-state index in [2.05, 4.69) is 121 Å². The third-order valence-electron chi connectivity index (χ3n) is 7.95. The smallest absolute Gasteiger partial charge is 0.0714 e. The Bertz CT molecular complexity index is 1990. The van der Waals surface area contributed by atoms with Crippen LogP contribution in [0.15, 0.2) is 146 Å². The first-order valence-corrected chi connectivity index (χ1v) is 13.6. The topological polar surface area (TPSA) is 25.8 Å². The summed E-state index contributed by atoms with van der Waals surface area (Å²) in [6.07, 6.45) is 3.83. The molecule has 2 heterocycles. The van der Waals surface area contributed by atoms with Crippen LogP contribution in [-0.2, 0) is 0 Å². The lowest BCUT2D eigenvalue weighted by Gasteiger charge is -2.16. The van der Waals surface area contributed by atoms with Crippen molar-refractivity contribution in [2.45, 2.75) is 0 Å². The molecule has 0 saturated carbocycles. The molecule has 40 heavy (non-hydrogen) atoms. The molecule has 8 rings (SSSR count). The summed E-state index contributed by atoms with van der Waals surface area (Å²) in [5.41, 5.74) is 8.99. The fraction of sp³-hybridized carbons (Fsp3) is 0. The molecule has 0 aliphatic rings. The second-order valence-corrected chi connectivity index (χ2v) is 10.2. The number of hydrogen-bond acceptors (Lipinski definition) is 2. The van der Waals surface area contributed by atoms with E-state index in [-0.39, 0.29) is 0 Å². The van der Waals surface area contributed by atoms with Crippen LogP contribution in [0, 0.1) is 0 Å². The minimum Gasteiger partial charge on any atom is -0.256 e. The first-order valence-electron chi connectivity index (χ1n) is 13.6. The van der Waals surface area contributed by atoms with Gasteiger partial charge in [-0.05, 0) is 78.8 Å². The summed E-state index contributed by atoms with van der Waals surface area (Å²) in [5.74, 6) is 0. The molecule has 2 aromatic heterocycles. The van der Waals surface area contributed by atoms with Gasteiger partial charge in [-0.3, -0.25) is 9.97 Å². The molecule has 0 atom stereocenters. The third kappa shape index (κ3) is 3.65. The van der Waals surface area contributed by atoms with Gasteiger partial charge >= 0.3 is 0 Å². The summed E-state index contributed by atoms with van der Waals surface area (Å²) < 4.78 is 0. The lowest BCUT2D eigenvalue weighted by atomic mass is 9.88. The van der Waals surface area contributed by atoms with Gasteiger partial charge in [-0.2, -0.15) is 0 Å². The Balaban J connectivity index is 1.34. The van der Waals surface area contributed by atoms with E-state index in [1.807, 2.05) is 24.5 Å². The quantitative estimate of drug-likeness (QED) is 0.221. The second-order valence-electron chi connectivity index (χ2n) is 10.2. The van der Waals surface area contributed by atoms with Gasteiger partial charge in [0.1, 0.15) is 0 Å². The summed E-state index contributed by atoms with van der Waals surface area (Å²) in [5, 5.41) is 7.47. The van der Waals surface area contributed by atoms with E-state index in [0.717, 1.165) is 22.5 Å². The van der Waals surface area contributed by atoms with E-state index in [0.29, 0.717) is 0 Å². The van der Waals surface area contributed by atoms with Crippen molar-refractivity contribution in [1.82, 2.24) is 9.97 Å². The van der Waals surface area contributed by atoms with E-state index in [9.17, 15) is 0 Å². The average Bonchev–Trinajstić information content (AvgIpc) is 3.04. The highest BCUT2D eigenvalue weighted by molar-refractivity contribution is 6.27. The summed E-state index contributed by atoms with van der Waals surface area (Å²) >= 11 is 0. The maximum atomic E-state index is 4.81. The maximum absolute atomic E-state index is 4.81. The zero-order valence-electron chi connectivity index (χ0n) is 21.8. The first kappa shape index (κ1) is 22.6. The summed E-state index contributed by atoms with van der Waals surface area (Å²) in [6.45, 7) is 0. The molecule has 0 aliphatic carbocycles. The maximum Gasteiger partial charge on any atom is 0.0714 e. The molecule has 0 unspecified atom stereocenters. The van der Waals surface area contributed by atoms with E-state index in [4.69, 9.17) is 9.97 Å². The van der Waals surface area contributed by atoms with Crippen LogP contribution in [0.2, 0.25) is 0 Å². The molecule has 0 radical (unpaired) electrons. The Morgan fingerprint density at radius 2 is 0.775 bits per heavy atom.